The van der Waals surface area contributed by atoms with E-state index >= 15 is 0 Å². The van der Waals surface area contributed by atoms with Crippen LogP contribution >= 0.6 is 7.82 Å². The highest BCUT2D eigenvalue weighted by atomic mass is 31.2. The molecule has 8 nitrogen and oxygen atoms in total. The summed E-state index contributed by atoms with van der Waals surface area (Å²) in [5, 5.41) is 13.7. The topological polar surface area (TPSA) is 105 Å². The van der Waals surface area contributed by atoms with Crippen LogP contribution in [-0.4, -0.2) is 73.4 Å². The Morgan fingerprint density at radius 3 is 1.34 bits per heavy atom. The van der Waals surface area contributed by atoms with Gasteiger partial charge in [0.1, 0.15) is 13.2 Å². The number of carbonyl (C=O) groups excluding carboxylic acids is 1. The zero-order valence-electron chi connectivity index (χ0n) is 41.2. The Morgan fingerprint density at radius 1 is 0.557 bits per heavy atom. The van der Waals surface area contributed by atoms with Crippen molar-refractivity contribution in [2.45, 2.75) is 264 Å². The number of aliphatic hydroxyl groups is 1. The molecule has 3 unspecified atom stereocenters. The molecule has 0 aliphatic heterocycles. The number of rotatable bonds is 48. The summed E-state index contributed by atoms with van der Waals surface area (Å²) in [7, 11) is 1.62. The molecule has 0 spiro atoms. The third-order valence-electron chi connectivity index (χ3n) is 12.0. The highest BCUT2D eigenvalue weighted by molar-refractivity contribution is 7.47. The van der Waals surface area contributed by atoms with E-state index in [0.29, 0.717) is 23.9 Å². The molecule has 3 N–H and O–H groups in total. The third-order valence-corrected chi connectivity index (χ3v) is 12.9. The van der Waals surface area contributed by atoms with Gasteiger partial charge in [-0.15, -0.1) is 0 Å². The Morgan fingerprint density at radius 2 is 0.934 bits per heavy atom. The number of phosphoric ester groups is 1. The van der Waals surface area contributed by atoms with E-state index in [2.05, 4.69) is 43.5 Å². The lowest BCUT2D eigenvalue weighted by atomic mass is 10.0. The van der Waals surface area contributed by atoms with Crippen molar-refractivity contribution in [1.82, 2.24) is 5.32 Å². The summed E-state index contributed by atoms with van der Waals surface area (Å²) in [6.45, 7) is 4.77. The molecule has 0 fully saturated rings. The van der Waals surface area contributed by atoms with E-state index in [1.807, 2.05) is 21.1 Å². The molecular weight excluding hydrogens is 780 g/mol. The van der Waals surface area contributed by atoms with Gasteiger partial charge in [0.2, 0.25) is 5.91 Å². The number of nitrogens with zero attached hydrogens (tertiary/aromatic N) is 1. The molecule has 0 radical (unpaired) electrons. The molecule has 0 saturated heterocycles. The fourth-order valence-electron chi connectivity index (χ4n) is 7.78. The number of unbranched alkanes of at least 4 members (excludes halogenated alkanes) is 31. The van der Waals surface area contributed by atoms with Gasteiger partial charge in [0, 0.05) is 6.42 Å². The minimum Gasteiger partial charge on any atom is -0.391 e. The van der Waals surface area contributed by atoms with E-state index in [1.165, 1.54) is 173 Å². The number of aliphatic hydroxyl groups excluding tert-OH is 1. The molecule has 0 aliphatic rings. The van der Waals surface area contributed by atoms with Crippen molar-refractivity contribution in [3.63, 3.8) is 0 Å². The van der Waals surface area contributed by atoms with Gasteiger partial charge in [-0.05, 0) is 44.9 Å². The van der Waals surface area contributed by atoms with Gasteiger partial charge in [-0.3, -0.25) is 13.8 Å². The van der Waals surface area contributed by atoms with Gasteiger partial charge >= 0.3 is 7.82 Å². The van der Waals surface area contributed by atoms with E-state index in [0.717, 1.165) is 51.4 Å². The number of nitrogens with one attached hydrogen (secondary N) is 1. The largest absolute Gasteiger partial charge is 0.472 e. The number of carbonyl (C=O) groups is 1. The molecule has 0 aromatic rings. The van der Waals surface area contributed by atoms with Crippen molar-refractivity contribution in [1.29, 1.82) is 0 Å². The first kappa shape index (κ1) is 60.0. The van der Waals surface area contributed by atoms with Crippen LogP contribution in [0.1, 0.15) is 251 Å². The van der Waals surface area contributed by atoms with Crippen LogP contribution in [0.4, 0.5) is 0 Å². The minimum absolute atomic E-state index is 0.0755. The first-order valence-electron chi connectivity index (χ1n) is 26.2. The standard InChI is InChI=1S/C52H103N2O6P/c1-6-8-10-12-13-14-15-16-17-18-19-20-21-22-23-24-25-26-27-28-29-30-31-32-33-34-35-36-37-38-39-40-41-42-44-46-52(56)53-50(51(55)45-43-11-9-7-2)49-60-61(57,58)59-48-47-54(3,4)5/h15-16,18-19,50-51,55H,6-14,17,20-49H2,1-5H3,(H-,53,56,57,58)/p+1/b16-15-,19-18-. The molecule has 9 heteroatoms. The van der Waals surface area contributed by atoms with Gasteiger partial charge in [0.15, 0.2) is 0 Å². The highest BCUT2D eigenvalue weighted by Gasteiger charge is 2.28. The monoisotopic (exact) mass is 884 g/mol. The number of hydrogen-bond acceptors (Lipinski definition) is 5. The Kier molecular flexibility index (Phi) is 43.5. The molecule has 0 aromatic heterocycles. The third kappa shape index (κ3) is 46.8. The molecule has 0 rings (SSSR count). The quantitative estimate of drug-likeness (QED) is 0.0243. The van der Waals surface area contributed by atoms with Crippen LogP contribution in [0, 0.1) is 0 Å². The van der Waals surface area contributed by atoms with Gasteiger partial charge < -0.3 is 19.8 Å². The number of phosphoric acid groups is 1. The average Bonchev–Trinajstić information content (AvgIpc) is 3.21. The molecule has 61 heavy (non-hydrogen) atoms. The fourth-order valence-corrected chi connectivity index (χ4v) is 8.52. The zero-order chi connectivity index (χ0) is 45.0. The van der Waals surface area contributed by atoms with Crippen LogP contribution < -0.4 is 5.32 Å². The summed E-state index contributed by atoms with van der Waals surface area (Å²) in [5.74, 6) is -0.150. The predicted octanol–water partition coefficient (Wildman–Crippen LogP) is 15.3. The molecule has 362 valence electrons. The lowest BCUT2D eigenvalue weighted by Crippen LogP contribution is -2.46. The molecule has 0 aliphatic carbocycles. The van der Waals surface area contributed by atoms with Crippen LogP contribution in [0.15, 0.2) is 24.3 Å². The van der Waals surface area contributed by atoms with Crippen LogP contribution in [0.5, 0.6) is 0 Å². The molecular formula is C52H104N2O6P+. The Labute approximate surface area is 379 Å². The summed E-state index contributed by atoms with van der Waals surface area (Å²) in [5.41, 5.74) is 0. The zero-order valence-corrected chi connectivity index (χ0v) is 42.1. The number of amides is 1. The number of allylic oxidation sites excluding steroid dienone is 4. The molecule has 3 atom stereocenters. The van der Waals surface area contributed by atoms with Crippen molar-refractivity contribution < 1.29 is 32.9 Å². The number of quaternary nitrogens is 1. The lowest BCUT2D eigenvalue weighted by molar-refractivity contribution is -0.870. The number of hydrogen-bond donors (Lipinski definition) is 3. The molecule has 0 aromatic carbocycles. The van der Waals surface area contributed by atoms with Crippen LogP contribution in [0.2, 0.25) is 0 Å². The first-order valence-corrected chi connectivity index (χ1v) is 27.7. The molecule has 1 amide bonds. The van der Waals surface area contributed by atoms with Crippen molar-refractivity contribution in [3.05, 3.63) is 24.3 Å². The first-order chi connectivity index (χ1) is 29.5. The summed E-state index contributed by atoms with van der Waals surface area (Å²) in [6, 6.07) is -0.752. The fraction of sp³-hybridized carbons (Fsp3) is 0.904. The molecule has 0 saturated carbocycles. The molecule has 0 bridgehead atoms. The van der Waals surface area contributed by atoms with Gasteiger partial charge in [0.05, 0.1) is 39.9 Å². The van der Waals surface area contributed by atoms with Crippen molar-refractivity contribution in [2.75, 3.05) is 40.9 Å². The predicted molar refractivity (Wildman–Crippen MR) is 263 cm³/mol. The van der Waals surface area contributed by atoms with Gasteiger partial charge in [-0.2, -0.15) is 0 Å². The van der Waals surface area contributed by atoms with Crippen LogP contribution in [-0.2, 0) is 18.4 Å². The summed E-state index contributed by atoms with van der Waals surface area (Å²) >= 11 is 0. The van der Waals surface area contributed by atoms with E-state index in [4.69, 9.17) is 9.05 Å². The van der Waals surface area contributed by atoms with Crippen molar-refractivity contribution >= 4 is 13.7 Å². The average molecular weight is 884 g/mol. The lowest BCUT2D eigenvalue weighted by Gasteiger charge is -2.26. The second kappa shape index (κ2) is 44.2. The summed E-state index contributed by atoms with van der Waals surface area (Å²) < 4.78 is 23.4. The van der Waals surface area contributed by atoms with E-state index in [1.54, 1.807) is 0 Å². The van der Waals surface area contributed by atoms with Crippen molar-refractivity contribution in [2.24, 2.45) is 0 Å². The van der Waals surface area contributed by atoms with Crippen molar-refractivity contribution in [3.8, 4) is 0 Å². The van der Waals surface area contributed by atoms with Gasteiger partial charge in [0.25, 0.3) is 0 Å². The second-order valence-corrected chi connectivity index (χ2v) is 20.7. The van der Waals surface area contributed by atoms with Gasteiger partial charge in [-0.25, -0.2) is 4.57 Å². The summed E-state index contributed by atoms with van der Waals surface area (Å²) in [6.07, 6.45) is 54.6. The normalized spacial score (nSPS) is 14.3. The second-order valence-electron chi connectivity index (χ2n) is 19.3. The maximum absolute atomic E-state index is 12.8. The summed E-state index contributed by atoms with van der Waals surface area (Å²) in [4.78, 5) is 22.9. The van der Waals surface area contributed by atoms with Gasteiger partial charge in [-0.1, -0.05) is 224 Å². The Balaban J connectivity index is 3.68. The molecule has 0 heterocycles. The van der Waals surface area contributed by atoms with Crippen LogP contribution in [0.25, 0.3) is 0 Å². The number of likely N-dealkylation sites (N-methyl/N-ethyl adjacent to an activating group) is 1. The Hall–Kier alpha value is -1.02. The highest BCUT2D eigenvalue weighted by Crippen LogP contribution is 2.43. The minimum atomic E-state index is -4.29. The van der Waals surface area contributed by atoms with E-state index in [-0.39, 0.29) is 19.1 Å². The maximum atomic E-state index is 12.8. The van der Waals surface area contributed by atoms with E-state index in [9.17, 15) is 19.4 Å². The SMILES string of the molecule is CCCCCCC/C=C\C/C=C\CCCCCCCCCCCCCCCCCCCCCCCCCC(=O)NC(COP(=O)(O)OCC[N+](C)(C)C)C(O)CCCCCC. The maximum Gasteiger partial charge on any atom is 0.472 e. The Bertz CT molecular complexity index is 1050. The van der Waals surface area contributed by atoms with Crippen LogP contribution in [0.3, 0.4) is 0 Å². The smallest absolute Gasteiger partial charge is 0.391 e. The van der Waals surface area contributed by atoms with E-state index < -0.39 is 20.0 Å².